The maximum Gasteiger partial charge on any atom is 0.171 e. The van der Waals surface area contributed by atoms with Gasteiger partial charge < -0.3 is 10.6 Å². The fourth-order valence-corrected chi connectivity index (χ4v) is 2.24. The lowest BCUT2D eigenvalue weighted by Gasteiger charge is -2.11. The summed E-state index contributed by atoms with van der Waals surface area (Å²) in [7, 11) is 0. The number of anilines is 1. The zero-order valence-corrected chi connectivity index (χ0v) is 13.2. The Kier molecular flexibility index (Phi) is 5.24. The van der Waals surface area contributed by atoms with E-state index in [0.29, 0.717) is 21.7 Å². The number of thiocarbonyl (C=S) groups is 1. The number of hydrogen-bond donors (Lipinski definition) is 2. The Morgan fingerprint density at radius 1 is 1.10 bits per heavy atom. The average molecular weight is 325 g/mol. The van der Waals surface area contributed by atoms with Crippen LogP contribution in [0.3, 0.4) is 0 Å². The molecule has 0 radical (unpaired) electrons. The maximum absolute atomic E-state index is 5.97. The fourth-order valence-electron chi connectivity index (χ4n) is 1.73. The van der Waals surface area contributed by atoms with E-state index < -0.39 is 0 Å². The number of rotatable bonds is 3. The summed E-state index contributed by atoms with van der Waals surface area (Å²) in [6.07, 6.45) is 0. The first-order chi connectivity index (χ1) is 9.54. The second-order valence-electron chi connectivity index (χ2n) is 4.43. The first-order valence-corrected chi connectivity index (χ1v) is 7.26. The summed E-state index contributed by atoms with van der Waals surface area (Å²) >= 11 is 17.1. The number of benzene rings is 2. The molecule has 2 rings (SSSR count). The van der Waals surface area contributed by atoms with Crippen molar-refractivity contribution < 1.29 is 0 Å². The van der Waals surface area contributed by atoms with Crippen LogP contribution in [0.4, 0.5) is 5.69 Å². The summed E-state index contributed by atoms with van der Waals surface area (Å²) in [6, 6.07) is 13.5. The molecule has 0 unspecified atom stereocenters. The normalized spacial score (nSPS) is 10.2. The molecule has 0 saturated heterocycles. The van der Waals surface area contributed by atoms with Crippen molar-refractivity contribution in [3.63, 3.8) is 0 Å². The Hall–Kier alpha value is -1.29. The Morgan fingerprint density at radius 2 is 1.90 bits per heavy atom. The lowest BCUT2D eigenvalue weighted by Crippen LogP contribution is -2.27. The predicted octanol–water partition coefficient (Wildman–Crippen LogP) is 4.79. The highest BCUT2D eigenvalue weighted by Gasteiger charge is 2.01. The Bertz CT molecular complexity index is 629. The van der Waals surface area contributed by atoms with Gasteiger partial charge in [-0.25, -0.2) is 0 Å². The highest BCUT2D eigenvalue weighted by Crippen LogP contribution is 2.22. The molecule has 0 aliphatic rings. The summed E-state index contributed by atoms with van der Waals surface area (Å²) in [6.45, 7) is 2.63. The molecular weight excluding hydrogens is 311 g/mol. The molecule has 2 nitrogen and oxygen atoms in total. The van der Waals surface area contributed by atoms with Gasteiger partial charge >= 0.3 is 0 Å². The molecule has 0 bridgehead atoms. The first-order valence-electron chi connectivity index (χ1n) is 6.10. The van der Waals surface area contributed by atoms with E-state index in [2.05, 4.69) is 10.6 Å². The van der Waals surface area contributed by atoms with Gasteiger partial charge in [-0.3, -0.25) is 0 Å². The highest BCUT2D eigenvalue weighted by molar-refractivity contribution is 7.80. The third-order valence-electron chi connectivity index (χ3n) is 2.71. The van der Waals surface area contributed by atoms with E-state index in [1.54, 1.807) is 6.07 Å². The molecule has 0 saturated carbocycles. The van der Waals surface area contributed by atoms with E-state index in [0.717, 1.165) is 11.3 Å². The van der Waals surface area contributed by atoms with Gasteiger partial charge in [-0.15, -0.1) is 0 Å². The molecule has 0 atom stereocenters. The first kappa shape index (κ1) is 15.1. The van der Waals surface area contributed by atoms with E-state index in [1.165, 1.54) is 5.56 Å². The Balaban J connectivity index is 1.90. The van der Waals surface area contributed by atoms with Crippen LogP contribution >= 0.6 is 35.4 Å². The standard InChI is InChI=1S/C15H14Cl2N2S/c1-10-3-2-4-12(7-10)19-15(20)18-9-11-5-6-13(16)14(17)8-11/h2-8H,9H2,1H3,(H2,18,19,20). The lowest BCUT2D eigenvalue weighted by atomic mass is 10.2. The largest absolute Gasteiger partial charge is 0.358 e. The summed E-state index contributed by atoms with van der Waals surface area (Å²) < 4.78 is 0. The fraction of sp³-hybridized carbons (Fsp3) is 0.133. The van der Waals surface area contributed by atoms with Crippen LogP contribution in [0.25, 0.3) is 0 Å². The van der Waals surface area contributed by atoms with Crippen LogP contribution in [0.1, 0.15) is 11.1 Å². The second-order valence-corrected chi connectivity index (χ2v) is 5.65. The van der Waals surface area contributed by atoms with E-state index >= 15 is 0 Å². The Labute approximate surface area is 134 Å². The van der Waals surface area contributed by atoms with Gasteiger partial charge in [-0.2, -0.15) is 0 Å². The smallest absolute Gasteiger partial charge is 0.171 e. The van der Waals surface area contributed by atoms with Crippen molar-refractivity contribution in [2.24, 2.45) is 0 Å². The molecule has 0 aliphatic carbocycles. The minimum Gasteiger partial charge on any atom is -0.358 e. The highest BCUT2D eigenvalue weighted by atomic mass is 35.5. The SMILES string of the molecule is Cc1cccc(NC(=S)NCc2ccc(Cl)c(Cl)c2)c1. The van der Waals surface area contributed by atoms with E-state index in [1.807, 2.05) is 43.3 Å². The molecule has 5 heteroatoms. The molecule has 2 aromatic carbocycles. The number of aryl methyl sites for hydroxylation is 1. The molecule has 2 N–H and O–H groups in total. The molecule has 2 aromatic rings. The number of nitrogens with one attached hydrogen (secondary N) is 2. The molecule has 0 spiro atoms. The number of halogens is 2. The van der Waals surface area contributed by atoms with Crippen LogP contribution in [-0.4, -0.2) is 5.11 Å². The summed E-state index contributed by atoms with van der Waals surface area (Å²) in [5, 5.41) is 7.94. The van der Waals surface area contributed by atoms with Crippen molar-refractivity contribution >= 4 is 46.2 Å². The Morgan fingerprint density at radius 3 is 2.60 bits per heavy atom. The zero-order chi connectivity index (χ0) is 14.5. The van der Waals surface area contributed by atoms with Crippen LogP contribution in [0, 0.1) is 6.92 Å². The van der Waals surface area contributed by atoms with Gasteiger partial charge in [-0.1, -0.05) is 41.4 Å². The minimum absolute atomic E-state index is 0.545. The molecule has 104 valence electrons. The van der Waals surface area contributed by atoms with Crippen molar-refractivity contribution in [2.75, 3.05) is 5.32 Å². The monoisotopic (exact) mass is 324 g/mol. The van der Waals surface area contributed by atoms with E-state index in [4.69, 9.17) is 35.4 Å². The summed E-state index contributed by atoms with van der Waals surface area (Å²) in [4.78, 5) is 0. The van der Waals surface area contributed by atoms with Crippen LogP contribution in [0.2, 0.25) is 10.0 Å². The third kappa shape index (κ3) is 4.37. The quantitative estimate of drug-likeness (QED) is 0.794. The van der Waals surface area contributed by atoms with Gasteiger partial charge in [0.15, 0.2) is 5.11 Å². The zero-order valence-electron chi connectivity index (χ0n) is 10.9. The maximum atomic E-state index is 5.97. The lowest BCUT2D eigenvalue weighted by molar-refractivity contribution is 0.926. The molecular formula is C15H14Cl2N2S. The average Bonchev–Trinajstić information content (AvgIpc) is 2.40. The predicted molar refractivity (Wildman–Crippen MR) is 90.7 cm³/mol. The van der Waals surface area contributed by atoms with Crippen LogP contribution in [0.5, 0.6) is 0 Å². The second kappa shape index (κ2) is 6.93. The number of hydrogen-bond acceptors (Lipinski definition) is 1. The van der Waals surface area contributed by atoms with Crippen molar-refractivity contribution in [3.8, 4) is 0 Å². The van der Waals surface area contributed by atoms with Gasteiger partial charge in [0.25, 0.3) is 0 Å². The molecule has 0 aromatic heterocycles. The third-order valence-corrected chi connectivity index (χ3v) is 3.70. The van der Waals surface area contributed by atoms with Gasteiger partial charge in [0, 0.05) is 12.2 Å². The van der Waals surface area contributed by atoms with Gasteiger partial charge in [-0.05, 0) is 54.5 Å². The molecule has 0 aliphatic heterocycles. The van der Waals surface area contributed by atoms with Crippen molar-refractivity contribution in [3.05, 3.63) is 63.6 Å². The topological polar surface area (TPSA) is 24.1 Å². The van der Waals surface area contributed by atoms with Gasteiger partial charge in [0.1, 0.15) is 0 Å². The van der Waals surface area contributed by atoms with Crippen LogP contribution < -0.4 is 10.6 Å². The molecule has 0 amide bonds. The minimum atomic E-state index is 0.545. The van der Waals surface area contributed by atoms with Gasteiger partial charge in [0.2, 0.25) is 0 Å². The van der Waals surface area contributed by atoms with Gasteiger partial charge in [0.05, 0.1) is 10.0 Å². The van der Waals surface area contributed by atoms with Crippen LogP contribution in [-0.2, 0) is 6.54 Å². The van der Waals surface area contributed by atoms with E-state index in [9.17, 15) is 0 Å². The molecule has 20 heavy (non-hydrogen) atoms. The summed E-state index contributed by atoms with van der Waals surface area (Å²) in [5.41, 5.74) is 3.17. The molecule has 0 fully saturated rings. The van der Waals surface area contributed by atoms with Crippen molar-refractivity contribution in [1.29, 1.82) is 0 Å². The van der Waals surface area contributed by atoms with Crippen molar-refractivity contribution in [2.45, 2.75) is 13.5 Å². The van der Waals surface area contributed by atoms with Crippen molar-refractivity contribution in [1.82, 2.24) is 5.32 Å². The van der Waals surface area contributed by atoms with Crippen LogP contribution in [0.15, 0.2) is 42.5 Å². The molecule has 0 heterocycles. The summed E-state index contributed by atoms with van der Waals surface area (Å²) in [5.74, 6) is 0. The van der Waals surface area contributed by atoms with E-state index in [-0.39, 0.29) is 0 Å².